The number of pyridine rings is 1. The highest BCUT2D eigenvalue weighted by Crippen LogP contribution is 2.37. The van der Waals surface area contributed by atoms with Gasteiger partial charge in [-0.05, 0) is 60.8 Å². The predicted molar refractivity (Wildman–Crippen MR) is 151 cm³/mol. The summed E-state index contributed by atoms with van der Waals surface area (Å²) < 4.78 is 8.72. The second-order valence-corrected chi connectivity index (χ2v) is 11.2. The number of anilines is 1. The number of rotatable bonds is 6. The summed E-state index contributed by atoms with van der Waals surface area (Å²) in [5.74, 6) is 0.908. The van der Waals surface area contributed by atoms with Crippen LogP contribution in [0.3, 0.4) is 0 Å². The Morgan fingerprint density at radius 3 is 2.65 bits per heavy atom. The van der Waals surface area contributed by atoms with Crippen LogP contribution in [0.4, 0.5) is 5.82 Å². The lowest BCUT2D eigenvalue weighted by Crippen LogP contribution is -2.44. The SMILES string of the molecule is CN(C)c1c(Br)c(C2=CCN(C(C=O)OC(C)(C)C)CC2)nc2c(-c3cnc4ccccc4c3)cnn12. The van der Waals surface area contributed by atoms with Gasteiger partial charge in [-0.2, -0.15) is 9.61 Å². The molecular formula is C28H31BrN6O2. The number of ether oxygens (including phenoxy) is 1. The third kappa shape index (κ3) is 5.03. The number of aldehydes is 1. The van der Waals surface area contributed by atoms with Gasteiger partial charge in [0.2, 0.25) is 0 Å². The van der Waals surface area contributed by atoms with Crippen LogP contribution >= 0.6 is 15.9 Å². The number of hydrogen-bond donors (Lipinski definition) is 0. The fourth-order valence-electron chi connectivity index (χ4n) is 4.66. The minimum atomic E-state index is -0.573. The van der Waals surface area contributed by atoms with Crippen molar-refractivity contribution in [1.82, 2.24) is 24.5 Å². The first kappa shape index (κ1) is 25.5. The van der Waals surface area contributed by atoms with E-state index in [0.29, 0.717) is 13.1 Å². The molecule has 0 aliphatic carbocycles. The minimum absolute atomic E-state index is 0.401. The molecule has 0 N–H and O–H groups in total. The molecule has 0 saturated carbocycles. The van der Waals surface area contributed by atoms with Crippen molar-refractivity contribution in [2.75, 3.05) is 32.1 Å². The molecule has 37 heavy (non-hydrogen) atoms. The Bertz CT molecular complexity index is 1500. The number of benzene rings is 1. The number of carbonyl (C=O) groups excluding carboxylic acids is 1. The van der Waals surface area contributed by atoms with Gasteiger partial charge in [0.25, 0.3) is 0 Å². The first-order valence-corrected chi connectivity index (χ1v) is 13.1. The fourth-order valence-corrected chi connectivity index (χ4v) is 5.53. The number of nitrogens with zero attached hydrogens (tertiary/aromatic N) is 6. The Morgan fingerprint density at radius 2 is 1.97 bits per heavy atom. The zero-order valence-corrected chi connectivity index (χ0v) is 23.4. The number of halogens is 1. The zero-order valence-electron chi connectivity index (χ0n) is 21.8. The van der Waals surface area contributed by atoms with Crippen molar-refractivity contribution in [2.45, 2.75) is 39.0 Å². The van der Waals surface area contributed by atoms with Gasteiger partial charge in [0.15, 0.2) is 18.2 Å². The molecule has 1 unspecified atom stereocenters. The summed E-state index contributed by atoms with van der Waals surface area (Å²) in [5, 5.41) is 5.77. The maximum Gasteiger partial charge on any atom is 0.168 e. The number of carbonyl (C=O) groups is 1. The van der Waals surface area contributed by atoms with Crippen LogP contribution < -0.4 is 4.90 Å². The zero-order chi connectivity index (χ0) is 26.3. The highest BCUT2D eigenvalue weighted by Gasteiger charge is 2.28. The molecule has 1 aromatic carbocycles. The van der Waals surface area contributed by atoms with Crippen molar-refractivity contribution >= 4 is 50.2 Å². The summed E-state index contributed by atoms with van der Waals surface area (Å²) in [6.07, 6.45) is 6.92. The van der Waals surface area contributed by atoms with E-state index in [2.05, 4.69) is 39.1 Å². The number of aromatic nitrogens is 4. The molecule has 1 aliphatic heterocycles. The van der Waals surface area contributed by atoms with Crippen molar-refractivity contribution in [3.05, 3.63) is 59.0 Å². The summed E-state index contributed by atoms with van der Waals surface area (Å²) in [7, 11) is 4.00. The summed E-state index contributed by atoms with van der Waals surface area (Å²) in [5.41, 5.74) is 5.22. The quantitative estimate of drug-likeness (QED) is 0.299. The second-order valence-electron chi connectivity index (χ2n) is 10.4. The van der Waals surface area contributed by atoms with Crippen LogP contribution in [0.25, 0.3) is 33.3 Å². The fraction of sp³-hybridized carbons (Fsp3) is 0.357. The average Bonchev–Trinajstić information content (AvgIpc) is 3.29. The molecule has 4 aromatic rings. The van der Waals surface area contributed by atoms with E-state index in [-0.39, 0.29) is 0 Å². The van der Waals surface area contributed by atoms with Crippen molar-refractivity contribution in [2.24, 2.45) is 0 Å². The molecule has 3 aromatic heterocycles. The van der Waals surface area contributed by atoms with Crippen LogP contribution in [-0.2, 0) is 9.53 Å². The normalized spacial score (nSPS) is 15.7. The van der Waals surface area contributed by atoms with Gasteiger partial charge in [-0.25, -0.2) is 4.98 Å². The van der Waals surface area contributed by atoms with Crippen LogP contribution in [0.2, 0.25) is 0 Å². The molecular weight excluding hydrogens is 532 g/mol. The average molecular weight is 564 g/mol. The maximum atomic E-state index is 11.8. The third-order valence-electron chi connectivity index (χ3n) is 6.39. The lowest BCUT2D eigenvalue weighted by atomic mass is 10.0. The number of fused-ring (bicyclic) bond motifs is 2. The Morgan fingerprint density at radius 1 is 1.19 bits per heavy atom. The van der Waals surface area contributed by atoms with Crippen LogP contribution in [0.5, 0.6) is 0 Å². The van der Waals surface area contributed by atoms with E-state index in [9.17, 15) is 4.79 Å². The van der Waals surface area contributed by atoms with E-state index in [0.717, 1.165) is 61.9 Å². The topological polar surface area (TPSA) is 75.9 Å². The van der Waals surface area contributed by atoms with Gasteiger partial charge in [0.1, 0.15) is 5.82 Å². The van der Waals surface area contributed by atoms with Crippen LogP contribution in [0.15, 0.2) is 53.3 Å². The molecule has 4 heterocycles. The summed E-state index contributed by atoms with van der Waals surface area (Å²) in [6, 6.07) is 10.2. The molecule has 0 amide bonds. The Kier molecular flexibility index (Phi) is 6.87. The summed E-state index contributed by atoms with van der Waals surface area (Å²) in [4.78, 5) is 25.6. The molecule has 5 rings (SSSR count). The van der Waals surface area contributed by atoms with Crippen molar-refractivity contribution in [1.29, 1.82) is 0 Å². The van der Waals surface area contributed by atoms with E-state index >= 15 is 0 Å². The minimum Gasteiger partial charge on any atom is -0.362 e. The van der Waals surface area contributed by atoms with E-state index in [4.69, 9.17) is 14.8 Å². The van der Waals surface area contributed by atoms with Gasteiger partial charge in [-0.1, -0.05) is 24.3 Å². The molecule has 8 nitrogen and oxygen atoms in total. The van der Waals surface area contributed by atoms with Gasteiger partial charge >= 0.3 is 0 Å². The second kappa shape index (κ2) is 9.96. The third-order valence-corrected chi connectivity index (χ3v) is 7.12. The van der Waals surface area contributed by atoms with E-state index < -0.39 is 11.8 Å². The standard InChI is InChI=1S/C28H31BrN6O2/c1-28(2,3)37-23(17-36)34-12-10-18(11-13-34)25-24(29)27(33(4)5)35-26(32-25)21(16-31-35)20-14-19-8-6-7-9-22(19)30-15-20/h6-10,14-17,23H,11-13H2,1-5H3. The monoisotopic (exact) mass is 562 g/mol. The van der Waals surface area contributed by atoms with E-state index in [1.54, 1.807) is 0 Å². The maximum absolute atomic E-state index is 11.8. The first-order valence-electron chi connectivity index (χ1n) is 12.3. The predicted octanol–water partition coefficient (Wildman–Crippen LogP) is 5.20. The van der Waals surface area contributed by atoms with Crippen molar-refractivity contribution in [3.63, 3.8) is 0 Å². The molecule has 9 heteroatoms. The summed E-state index contributed by atoms with van der Waals surface area (Å²) in [6.45, 7) is 7.18. The molecule has 1 atom stereocenters. The molecule has 0 radical (unpaired) electrons. The molecule has 0 fully saturated rings. The van der Waals surface area contributed by atoms with Crippen molar-refractivity contribution < 1.29 is 9.53 Å². The molecule has 0 bridgehead atoms. The highest BCUT2D eigenvalue weighted by molar-refractivity contribution is 9.10. The van der Waals surface area contributed by atoms with Gasteiger partial charge in [0, 0.05) is 49.9 Å². The largest absolute Gasteiger partial charge is 0.362 e. The smallest absolute Gasteiger partial charge is 0.168 e. The lowest BCUT2D eigenvalue weighted by molar-refractivity contribution is -0.150. The molecule has 0 saturated heterocycles. The number of hydrogen-bond acceptors (Lipinski definition) is 7. The van der Waals surface area contributed by atoms with E-state index in [1.165, 1.54) is 0 Å². The van der Waals surface area contributed by atoms with Crippen LogP contribution in [0, 0.1) is 0 Å². The summed E-state index contributed by atoms with van der Waals surface area (Å²) >= 11 is 3.82. The Hall–Kier alpha value is -3.14. The van der Waals surface area contributed by atoms with Gasteiger partial charge in [-0.15, -0.1) is 0 Å². The first-order chi connectivity index (χ1) is 17.7. The van der Waals surface area contributed by atoms with Crippen LogP contribution in [-0.4, -0.2) is 69.8 Å². The number of para-hydroxylation sites is 1. The van der Waals surface area contributed by atoms with Gasteiger partial charge in [0.05, 0.1) is 27.5 Å². The van der Waals surface area contributed by atoms with Gasteiger partial charge in [-0.3, -0.25) is 14.7 Å². The molecule has 0 spiro atoms. The Labute approximate surface area is 225 Å². The molecule has 192 valence electrons. The highest BCUT2D eigenvalue weighted by atomic mass is 79.9. The van der Waals surface area contributed by atoms with Gasteiger partial charge < -0.3 is 9.64 Å². The van der Waals surface area contributed by atoms with E-state index in [1.807, 2.05) is 79.8 Å². The molecule has 1 aliphatic rings. The van der Waals surface area contributed by atoms with Crippen LogP contribution in [0.1, 0.15) is 32.9 Å². The lowest BCUT2D eigenvalue weighted by Gasteiger charge is -2.34. The Balaban J connectivity index is 1.56. The van der Waals surface area contributed by atoms with Crippen molar-refractivity contribution in [3.8, 4) is 11.1 Å².